The average molecular weight is 272 g/mol. The number of benzene rings is 1. The summed E-state index contributed by atoms with van der Waals surface area (Å²) in [6.07, 6.45) is 0. The third-order valence-electron chi connectivity index (χ3n) is 4.05. The molecule has 1 aliphatic heterocycles. The van der Waals surface area contributed by atoms with E-state index in [4.69, 9.17) is 0 Å². The van der Waals surface area contributed by atoms with E-state index in [1.54, 1.807) is 0 Å². The van der Waals surface area contributed by atoms with E-state index in [-0.39, 0.29) is 11.8 Å². The molecular formula is C15H20N4O. The molecule has 0 aliphatic carbocycles. The number of aromatic nitrogens is 2. The maximum absolute atomic E-state index is 12.0. The Bertz CT molecular complexity index is 630. The minimum absolute atomic E-state index is 0.0582. The lowest BCUT2D eigenvalue weighted by Crippen LogP contribution is -2.49. The molecule has 1 saturated heterocycles. The number of fused-ring (bicyclic) bond motifs is 1. The van der Waals surface area contributed by atoms with Crippen molar-refractivity contribution in [3.8, 4) is 0 Å². The van der Waals surface area contributed by atoms with Gasteiger partial charge in [0.2, 0.25) is 5.91 Å². The number of imidazole rings is 1. The minimum atomic E-state index is 0.0582. The predicted molar refractivity (Wildman–Crippen MR) is 78.2 cm³/mol. The van der Waals surface area contributed by atoms with Gasteiger partial charge in [-0.05, 0) is 43.6 Å². The molecular weight excluding hydrogens is 252 g/mol. The number of hydrogen-bond acceptors (Lipinski definition) is 3. The fraction of sp³-hybridized carbons (Fsp3) is 0.467. The average Bonchev–Trinajstić information content (AvgIpc) is 2.75. The first kappa shape index (κ1) is 13.1. The molecule has 0 bridgehead atoms. The smallest absolute Gasteiger partial charge is 0.223 e. The molecule has 3 rings (SSSR count). The monoisotopic (exact) mass is 272 g/mol. The van der Waals surface area contributed by atoms with Crippen LogP contribution in [0.1, 0.15) is 18.3 Å². The van der Waals surface area contributed by atoms with Crippen LogP contribution in [0.4, 0.5) is 0 Å². The fourth-order valence-corrected chi connectivity index (χ4v) is 2.47. The first-order valence-electron chi connectivity index (χ1n) is 7.07. The second-order valence-electron chi connectivity index (χ2n) is 5.63. The summed E-state index contributed by atoms with van der Waals surface area (Å²) in [6, 6.07) is 6.10. The van der Waals surface area contributed by atoms with Gasteiger partial charge in [-0.2, -0.15) is 0 Å². The van der Waals surface area contributed by atoms with Gasteiger partial charge in [-0.15, -0.1) is 0 Å². The number of rotatable bonds is 4. The highest BCUT2D eigenvalue weighted by Gasteiger charge is 2.28. The van der Waals surface area contributed by atoms with E-state index in [1.165, 1.54) is 5.56 Å². The van der Waals surface area contributed by atoms with E-state index in [2.05, 4.69) is 33.6 Å². The van der Waals surface area contributed by atoms with Crippen LogP contribution in [0, 0.1) is 18.8 Å². The first-order chi connectivity index (χ1) is 9.63. The number of aryl methyl sites for hydroxylation is 1. The van der Waals surface area contributed by atoms with E-state index < -0.39 is 0 Å². The van der Waals surface area contributed by atoms with Crippen LogP contribution in [0.2, 0.25) is 0 Å². The number of carbonyl (C=O) groups is 1. The van der Waals surface area contributed by atoms with Crippen molar-refractivity contribution in [1.29, 1.82) is 0 Å². The Balaban J connectivity index is 1.62. The quantitative estimate of drug-likeness (QED) is 0.786. The summed E-state index contributed by atoms with van der Waals surface area (Å²) < 4.78 is 0. The second-order valence-corrected chi connectivity index (χ2v) is 5.63. The van der Waals surface area contributed by atoms with Crippen LogP contribution in [0.5, 0.6) is 0 Å². The van der Waals surface area contributed by atoms with Crippen molar-refractivity contribution in [3.63, 3.8) is 0 Å². The highest BCUT2D eigenvalue weighted by atomic mass is 16.1. The Kier molecular flexibility index (Phi) is 3.44. The van der Waals surface area contributed by atoms with Gasteiger partial charge in [-0.3, -0.25) is 4.79 Å². The Hall–Kier alpha value is -1.88. The predicted octanol–water partition coefficient (Wildman–Crippen LogP) is 1.34. The van der Waals surface area contributed by atoms with Gasteiger partial charge >= 0.3 is 0 Å². The lowest BCUT2D eigenvalue weighted by atomic mass is 9.88. The topological polar surface area (TPSA) is 69.8 Å². The molecule has 5 nitrogen and oxygen atoms in total. The third kappa shape index (κ3) is 2.54. The van der Waals surface area contributed by atoms with Gasteiger partial charge in [0, 0.05) is 5.92 Å². The summed E-state index contributed by atoms with van der Waals surface area (Å²) in [5.74, 6) is 1.43. The van der Waals surface area contributed by atoms with Crippen molar-refractivity contribution in [2.24, 2.45) is 11.8 Å². The van der Waals surface area contributed by atoms with E-state index in [0.717, 1.165) is 29.9 Å². The molecule has 0 spiro atoms. The highest BCUT2D eigenvalue weighted by Crippen LogP contribution is 2.16. The van der Waals surface area contributed by atoms with Crippen molar-refractivity contribution in [3.05, 3.63) is 29.6 Å². The van der Waals surface area contributed by atoms with Crippen LogP contribution in [-0.2, 0) is 11.3 Å². The number of amides is 1. The standard InChI is InChI=1S/C15H20N4O/c1-9-3-4-12-13(5-9)19-14(18-12)8-17-15(20)10(2)11-6-16-7-11/h3-5,10-11,16H,6-8H2,1-2H3,(H,17,20)(H,18,19). The fourth-order valence-electron chi connectivity index (χ4n) is 2.47. The molecule has 1 aromatic heterocycles. The van der Waals surface area contributed by atoms with Gasteiger partial charge in [0.15, 0.2) is 0 Å². The van der Waals surface area contributed by atoms with Crippen molar-refractivity contribution < 1.29 is 4.79 Å². The molecule has 106 valence electrons. The van der Waals surface area contributed by atoms with E-state index in [1.807, 2.05) is 19.1 Å². The normalized spacial score (nSPS) is 16.9. The second kappa shape index (κ2) is 5.25. The van der Waals surface area contributed by atoms with Crippen LogP contribution in [0.25, 0.3) is 11.0 Å². The zero-order valence-electron chi connectivity index (χ0n) is 11.9. The van der Waals surface area contributed by atoms with Crippen LogP contribution in [-0.4, -0.2) is 29.0 Å². The summed E-state index contributed by atoms with van der Waals surface area (Å²) in [5, 5.41) is 6.16. The lowest BCUT2D eigenvalue weighted by Gasteiger charge is -2.31. The summed E-state index contributed by atoms with van der Waals surface area (Å²) in [4.78, 5) is 19.8. The van der Waals surface area contributed by atoms with Crippen LogP contribution < -0.4 is 10.6 Å². The highest BCUT2D eigenvalue weighted by molar-refractivity contribution is 5.79. The molecule has 1 fully saturated rings. The maximum Gasteiger partial charge on any atom is 0.223 e. The van der Waals surface area contributed by atoms with Gasteiger partial charge < -0.3 is 15.6 Å². The molecule has 3 N–H and O–H groups in total. The maximum atomic E-state index is 12.0. The van der Waals surface area contributed by atoms with E-state index in [0.29, 0.717) is 12.5 Å². The van der Waals surface area contributed by atoms with Crippen LogP contribution >= 0.6 is 0 Å². The Morgan fingerprint density at radius 1 is 1.50 bits per heavy atom. The number of carbonyl (C=O) groups excluding carboxylic acids is 1. The molecule has 2 aromatic rings. The summed E-state index contributed by atoms with van der Waals surface area (Å²) in [6.45, 7) is 6.38. The van der Waals surface area contributed by atoms with Crippen LogP contribution in [0.15, 0.2) is 18.2 Å². The molecule has 20 heavy (non-hydrogen) atoms. The number of nitrogens with one attached hydrogen (secondary N) is 3. The largest absolute Gasteiger partial charge is 0.349 e. The zero-order chi connectivity index (χ0) is 14.1. The van der Waals surface area contributed by atoms with Crippen LogP contribution in [0.3, 0.4) is 0 Å². The van der Waals surface area contributed by atoms with Crippen molar-refractivity contribution in [2.75, 3.05) is 13.1 Å². The third-order valence-corrected chi connectivity index (χ3v) is 4.05. The van der Waals surface area contributed by atoms with E-state index in [9.17, 15) is 4.79 Å². The zero-order valence-corrected chi connectivity index (χ0v) is 11.9. The number of nitrogens with zero attached hydrogens (tertiary/aromatic N) is 1. The molecule has 0 radical (unpaired) electrons. The summed E-state index contributed by atoms with van der Waals surface area (Å²) in [7, 11) is 0. The number of hydrogen-bond donors (Lipinski definition) is 3. The lowest BCUT2D eigenvalue weighted by molar-refractivity contribution is -0.126. The number of aromatic amines is 1. The Morgan fingerprint density at radius 3 is 3.00 bits per heavy atom. The molecule has 1 aromatic carbocycles. The molecule has 2 heterocycles. The minimum Gasteiger partial charge on any atom is -0.349 e. The van der Waals surface area contributed by atoms with E-state index >= 15 is 0 Å². The SMILES string of the molecule is Cc1ccc2nc(CNC(=O)C(C)C3CNC3)[nH]c2c1. The number of H-pyrrole nitrogens is 1. The van der Waals surface area contributed by atoms with Gasteiger partial charge in [-0.25, -0.2) is 4.98 Å². The van der Waals surface area contributed by atoms with Gasteiger partial charge in [0.05, 0.1) is 17.6 Å². The Morgan fingerprint density at radius 2 is 2.30 bits per heavy atom. The van der Waals surface area contributed by atoms with Crippen molar-refractivity contribution in [1.82, 2.24) is 20.6 Å². The Labute approximate surface area is 118 Å². The molecule has 1 aliphatic rings. The molecule has 0 saturated carbocycles. The molecule has 1 atom stereocenters. The van der Waals surface area contributed by atoms with Gasteiger partial charge in [-0.1, -0.05) is 13.0 Å². The molecule has 1 amide bonds. The summed E-state index contributed by atoms with van der Waals surface area (Å²) in [5.41, 5.74) is 3.16. The van der Waals surface area contributed by atoms with Crippen molar-refractivity contribution in [2.45, 2.75) is 20.4 Å². The van der Waals surface area contributed by atoms with Gasteiger partial charge in [0.25, 0.3) is 0 Å². The first-order valence-corrected chi connectivity index (χ1v) is 7.07. The molecule has 1 unspecified atom stereocenters. The van der Waals surface area contributed by atoms with Crippen molar-refractivity contribution >= 4 is 16.9 Å². The summed E-state index contributed by atoms with van der Waals surface area (Å²) >= 11 is 0. The van der Waals surface area contributed by atoms with Gasteiger partial charge in [0.1, 0.15) is 5.82 Å². The molecule has 5 heteroatoms.